The van der Waals surface area contributed by atoms with Crippen molar-refractivity contribution in [1.29, 1.82) is 0 Å². The molecule has 0 spiro atoms. The summed E-state index contributed by atoms with van der Waals surface area (Å²) in [5.41, 5.74) is 5.03. The number of amides is 1. The number of benzene rings is 3. The molecule has 26 heavy (non-hydrogen) atoms. The Morgan fingerprint density at radius 2 is 1.65 bits per heavy atom. The predicted octanol–water partition coefficient (Wildman–Crippen LogP) is 4.79. The molecule has 0 aliphatic rings. The van der Waals surface area contributed by atoms with Gasteiger partial charge in [0.25, 0.3) is 5.91 Å². The summed E-state index contributed by atoms with van der Waals surface area (Å²) in [5, 5.41) is 3.96. The van der Waals surface area contributed by atoms with E-state index in [1.165, 1.54) is 0 Å². The lowest BCUT2D eigenvalue weighted by Crippen LogP contribution is -2.17. The van der Waals surface area contributed by atoms with Crippen molar-refractivity contribution in [3.05, 3.63) is 100 Å². The van der Waals surface area contributed by atoms with E-state index in [2.05, 4.69) is 26.5 Å². The van der Waals surface area contributed by atoms with E-state index in [-0.39, 0.29) is 5.91 Å². The van der Waals surface area contributed by atoms with Crippen molar-refractivity contribution in [2.75, 3.05) is 0 Å². The fourth-order valence-corrected chi connectivity index (χ4v) is 2.48. The maximum atomic E-state index is 12.1. The van der Waals surface area contributed by atoms with Gasteiger partial charge in [-0.15, -0.1) is 0 Å². The lowest BCUT2D eigenvalue weighted by Gasteiger charge is -2.07. The minimum atomic E-state index is -0.267. The Hall–Kier alpha value is -2.92. The van der Waals surface area contributed by atoms with Crippen LogP contribution in [0, 0.1) is 0 Å². The normalized spacial score (nSPS) is 10.7. The number of nitrogens with one attached hydrogen (secondary N) is 1. The number of hydrazone groups is 1. The van der Waals surface area contributed by atoms with Crippen LogP contribution in [0.3, 0.4) is 0 Å². The quantitative estimate of drug-likeness (QED) is 0.470. The lowest BCUT2D eigenvalue weighted by molar-refractivity contribution is 0.0955. The van der Waals surface area contributed by atoms with Crippen molar-refractivity contribution in [3.63, 3.8) is 0 Å². The van der Waals surface area contributed by atoms with Crippen molar-refractivity contribution in [3.8, 4) is 5.75 Å². The van der Waals surface area contributed by atoms with Gasteiger partial charge in [-0.05, 0) is 47.5 Å². The van der Waals surface area contributed by atoms with Gasteiger partial charge in [0.15, 0.2) is 0 Å². The number of nitrogens with zero attached hydrogens (tertiary/aromatic N) is 1. The van der Waals surface area contributed by atoms with E-state index in [1.54, 1.807) is 30.5 Å². The Balaban J connectivity index is 1.52. The van der Waals surface area contributed by atoms with Gasteiger partial charge in [0.2, 0.25) is 0 Å². The SMILES string of the molecule is O=C(NN=Cc1ccccc1)c1ccc(OCc2ccc(Br)cc2)cc1. The zero-order valence-electron chi connectivity index (χ0n) is 13.9. The summed E-state index contributed by atoms with van der Waals surface area (Å²) >= 11 is 3.41. The average molecular weight is 409 g/mol. The van der Waals surface area contributed by atoms with Gasteiger partial charge in [-0.3, -0.25) is 4.79 Å². The van der Waals surface area contributed by atoms with Gasteiger partial charge in [0.05, 0.1) is 6.21 Å². The summed E-state index contributed by atoms with van der Waals surface area (Å²) in [7, 11) is 0. The van der Waals surface area contributed by atoms with E-state index in [1.807, 2.05) is 54.6 Å². The second kappa shape index (κ2) is 8.97. The first-order valence-electron chi connectivity index (χ1n) is 8.06. The number of ether oxygens (including phenoxy) is 1. The van der Waals surface area contributed by atoms with Crippen LogP contribution in [0.5, 0.6) is 5.75 Å². The van der Waals surface area contributed by atoms with Crippen LogP contribution < -0.4 is 10.2 Å². The summed E-state index contributed by atoms with van der Waals surface area (Å²) in [4.78, 5) is 12.1. The Kier molecular flexibility index (Phi) is 6.17. The van der Waals surface area contributed by atoms with E-state index in [4.69, 9.17) is 4.74 Å². The zero-order chi connectivity index (χ0) is 18.2. The summed E-state index contributed by atoms with van der Waals surface area (Å²) in [5.74, 6) is 0.439. The second-order valence-electron chi connectivity index (χ2n) is 5.55. The van der Waals surface area contributed by atoms with Crippen molar-refractivity contribution < 1.29 is 9.53 Å². The highest BCUT2D eigenvalue weighted by atomic mass is 79.9. The summed E-state index contributed by atoms with van der Waals surface area (Å²) in [6, 6.07) is 24.5. The Morgan fingerprint density at radius 1 is 0.962 bits per heavy atom. The molecule has 1 N–H and O–H groups in total. The molecule has 0 aliphatic carbocycles. The lowest BCUT2D eigenvalue weighted by atomic mass is 10.2. The monoisotopic (exact) mass is 408 g/mol. The highest BCUT2D eigenvalue weighted by molar-refractivity contribution is 9.10. The number of halogens is 1. The molecule has 0 fully saturated rings. The first kappa shape index (κ1) is 17.9. The predicted molar refractivity (Wildman–Crippen MR) is 106 cm³/mol. The van der Waals surface area contributed by atoms with Crippen molar-refractivity contribution >= 4 is 28.1 Å². The molecule has 0 atom stereocenters. The minimum Gasteiger partial charge on any atom is -0.489 e. The molecule has 0 saturated heterocycles. The molecule has 3 aromatic rings. The van der Waals surface area contributed by atoms with E-state index in [0.717, 1.165) is 15.6 Å². The number of carbonyl (C=O) groups is 1. The Bertz CT molecular complexity index is 876. The molecule has 4 nitrogen and oxygen atoms in total. The largest absolute Gasteiger partial charge is 0.489 e. The number of rotatable bonds is 6. The van der Waals surface area contributed by atoms with Gasteiger partial charge >= 0.3 is 0 Å². The maximum absolute atomic E-state index is 12.1. The van der Waals surface area contributed by atoms with Crippen molar-refractivity contribution in [1.82, 2.24) is 5.43 Å². The van der Waals surface area contributed by atoms with Crippen LogP contribution in [0.15, 0.2) is 88.4 Å². The van der Waals surface area contributed by atoms with E-state index in [0.29, 0.717) is 17.9 Å². The topological polar surface area (TPSA) is 50.7 Å². The third-order valence-corrected chi connectivity index (χ3v) is 4.14. The molecule has 0 aromatic heterocycles. The second-order valence-corrected chi connectivity index (χ2v) is 6.47. The highest BCUT2D eigenvalue weighted by Gasteiger charge is 2.04. The fraction of sp³-hybridized carbons (Fsp3) is 0.0476. The molecule has 0 bridgehead atoms. The third kappa shape index (κ3) is 5.29. The summed E-state index contributed by atoms with van der Waals surface area (Å²) in [6.07, 6.45) is 1.60. The molecule has 3 aromatic carbocycles. The molecule has 0 saturated carbocycles. The molecule has 0 aliphatic heterocycles. The third-order valence-electron chi connectivity index (χ3n) is 3.61. The average Bonchev–Trinajstić information content (AvgIpc) is 2.69. The molecular formula is C21H17BrN2O2. The molecule has 0 radical (unpaired) electrons. The molecular weight excluding hydrogens is 392 g/mol. The molecule has 3 rings (SSSR count). The highest BCUT2D eigenvalue weighted by Crippen LogP contribution is 2.16. The van der Waals surface area contributed by atoms with Crippen molar-refractivity contribution in [2.45, 2.75) is 6.61 Å². The number of carbonyl (C=O) groups excluding carboxylic acids is 1. The van der Waals surface area contributed by atoms with E-state index in [9.17, 15) is 4.79 Å². The van der Waals surface area contributed by atoms with Crippen LogP contribution >= 0.6 is 15.9 Å². The van der Waals surface area contributed by atoms with E-state index < -0.39 is 0 Å². The number of hydrogen-bond acceptors (Lipinski definition) is 3. The molecule has 5 heteroatoms. The van der Waals surface area contributed by atoms with Crippen LogP contribution in [0.2, 0.25) is 0 Å². The molecule has 130 valence electrons. The van der Waals surface area contributed by atoms with Crippen LogP contribution in [-0.2, 0) is 6.61 Å². The molecule has 0 heterocycles. The van der Waals surface area contributed by atoms with Gasteiger partial charge in [-0.2, -0.15) is 5.10 Å². The number of hydrogen-bond donors (Lipinski definition) is 1. The zero-order valence-corrected chi connectivity index (χ0v) is 15.5. The first-order valence-corrected chi connectivity index (χ1v) is 8.86. The van der Waals surface area contributed by atoms with Gasteiger partial charge < -0.3 is 4.74 Å². The smallest absolute Gasteiger partial charge is 0.271 e. The molecule has 0 unspecified atom stereocenters. The Labute approximate surface area is 160 Å². The first-order chi connectivity index (χ1) is 12.7. The van der Waals surface area contributed by atoms with Gasteiger partial charge in [0.1, 0.15) is 12.4 Å². The van der Waals surface area contributed by atoms with Gasteiger partial charge in [-0.1, -0.05) is 58.4 Å². The van der Waals surface area contributed by atoms with Crippen molar-refractivity contribution in [2.24, 2.45) is 5.10 Å². The fourth-order valence-electron chi connectivity index (χ4n) is 2.22. The standard InChI is InChI=1S/C21H17BrN2O2/c22-19-10-6-17(7-11-19)15-26-20-12-8-18(9-13-20)21(25)24-23-14-16-4-2-1-3-5-16/h1-14H,15H2,(H,24,25). The van der Waals surface area contributed by atoms with Crippen LogP contribution in [0.25, 0.3) is 0 Å². The van der Waals surface area contributed by atoms with Crippen LogP contribution in [0.1, 0.15) is 21.5 Å². The van der Waals surface area contributed by atoms with E-state index >= 15 is 0 Å². The van der Waals surface area contributed by atoms with Crippen LogP contribution in [0.4, 0.5) is 0 Å². The van der Waals surface area contributed by atoms with Gasteiger partial charge in [0, 0.05) is 10.0 Å². The van der Waals surface area contributed by atoms with Crippen LogP contribution in [-0.4, -0.2) is 12.1 Å². The minimum absolute atomic E-state index is 0.267. The molecule has 1 amide bonds. The summed E-state index contributed by atoms with van der Waals surface area (Å²) < 4.78 is 6.76. The maximum Gasteiger partial charge on any atom is 0.271 e. The summed E-state index contributed by atoms with van der Waals surface area (Å²) in [6.45, 7) is 0.472. The van der Waals surface area contributed by atoms with Gasteiger partial charge in [-0.25, -0.2) is 5.43 Å². The Morgan fingerprint density at radius 3 is 2.35 bits per heavy atom.